The van der Waals surface area contributed by atoms with Gasteiger partial charge < -0.3 is 64.2 Å². The maximum Gasteiger partial charge on any atom is 0.306 e. The molecular formula is C65H116O14. The fourth-order valence-electron chi connectivity index (χ4n) is 9.92. The third-order valence-corrected chi connectivity index (χ3v) is 15.0. The van der Waals surface area contributed by atoms with Crippen molar-refractivity contribution in [2.75, 3.05) is 33.0 Å². The summed E-state index contributed by atoms with van der Waals surface area (Å²) in [5.74, 6) is -0.378. The highest BCUT2D eigenvalue weighted by Gasteiger charge is 2.47. The van der Waals surface area contributed by atoms with Crippen LogP contribution in [-0.2, 0) is 33.2 Å². The number of hydrogen-bond acceptors (Lipinski definition) is 14. The van der Waals surface area contributed by atoms with Gasteiger partial charge in [-0.1, -0.05) is 222 Å². The zero-order chi connectivity index (χ0) is 57.2. The van der Waals surface area contributed by atoms with Crippen molar-refractivity contribution in [2.24, 2.45) is 0 Å². The molecule has 0 saturated carbocycles. The van der Waals surface area contributed by atoms with Gasteiger partial charge in [-0.05, 0) is 77.0 Å². The van der Waals surface area contributed by atoms with E-state index in [2.05, 4.69) is 74.6 Å². The number of aliphatic hydroxyl groups is 7. The number of aliphatic hydroxyl groups excluding tert-OH is 7. The molecule has 14 heteroatoms. The molecule has 0 radical (unpaired) electrons. The van der Waals surface area contributed by atoms with Crippen molar-refractivity contribution in [3.05, 3.63) is 60.8 Å². The number of allylic oxidation sites excluding steroid dienone is 10. The first-order valence-corrected chi connectivity index (χ1v) is 31.9. The average Bonchev–Trinajstić information content (AvgIpc) is 3.46. The summed E-state index contributed by atoms with van der Waals surface area (Å²) in [6.45, 7) is 3.60. The summed E-state index contributed by atoms with van der Waals surface area (Å²) >= 11 is 0. The van der Waals surface area contributed by atoms with Crippen LogP contribution in [-0.4, -0.2) is 142 Å². The number of ether oxygens (including phenoxy) is 6. The number of carbonyl (C=O) groups excluding carboxylic acids is 1. The molecule has 0 aromatic rings. The molecule has 0 amide bonds. The van der Waals surface area contributed by atoms with Crippen molar-refractivity contribution in [3.63, 3.8) is 0 Å². The molecule has 79 heavy (non-hydrogen) atoms. The Bertz CT molecular complexity index is 1540. The first-order chi connectivity index (χ1) is 38.6. The van der Waals surface area contributed by atoms with Crippen LogP contribution < -0.4 is 0 Å². The van der Waals surface area contributed by atoms with Crippen LogP contribution in [0.25, 0.3) is 0 Å². The fraction of sp³-hybridized carbons (Fsp3) is 0.831. The molecule has 460 valence electrons. The number of unbranched alkanes of at least 4 members (excludes halogenated alkanes) is 28. The standard InChI is InChI=1S/C65H116O14/c1-3-5-7-9-11-13-15-17-19-21-23-25-26-27-29-31-33-35-37-39-41-43-45-47-49-74-51-54(52-75-64-63(73)61(71)59(69)56(79-64)53-76-65-62(72)60(70)58(68)55(50-66)78-65)77-57(67)48-46-44-42-40-38-36-34-32-30-28-24-22-20-18-16-14-12-10-8-6-4-2/h5,7,11,13,17,19,22-25,54-56,58-66,68-73H,3-4,6,8-10,12,14-16,18,20-21,26-53H2,1-2H3/b7-5-,13-11-,19-17-,24-22-,25-23-. The highest BCUT2D eigenvalue weighted by atomic mass is 16.7. The van der Waals surface area contributed by atoms with Crippen molar-refractivity contribution < 1.29 is 69.0 Å². The largest absolute Gasteiger partial charge is 0.457 e. The second-order valence-corrected chi connectivity index (χ2v) is 22.2. The average molecular weight is 1120 g/mol. The minimum atomic E-state index is -1.71. The van der Waals surface area contributed by atoms with Gasteiger partial charge in [0.15, 0.2) is 12.6 Å². The van der Waals surface area contributed by atoms with E-state index in [1.165, 1.54) is 148 Å². The molecule has 11 atom stereocenters. The lowest BCUT2D eigenvalue weighted by molar-refractivity contribution is -0.332. The molecule has 0 aromatic heterocycles. The van der Waals surface area contributed by atoms with Crippen LogP contribution >= 0.6 is 0 Å². The van der Waals surface area contributed by atoms with Gasteiger partial charge in [0.2, 0.25) is 0 Å². The van der Waals surface area contributed by atoms with Gasteiger partial charge in [-0.25, -0.2) is 0 Å². The molecule has 2 heterocycles. The van der Waals surface area contributed by atoms with Crippen molar-refractivity contribution in [3.8, 4) is 0 Å². The Balaban J connectivity index is 1.68. The molecule has 2 saturated heterocycles. The summed E-state index contributed by atoms with van der Waals surface area (Å²) in [7, 11) is 0. The lowest BCUT2D eigenvalue weighted by Gasteiger charge is -2.42. The van der Waals surface area contributed by atoms with Crippen molar-refractivity contribution >= 4 is 5.97 Å². The van der Waals surface area contributed by atoms with E-state index in [0.29, 0.717) is 13.0 Å². The van der Waals surface area contributed by atoms with Gasteiger partial charge in [0.25, 0.3) is 0 Å². The van der Waals surface area contributed by atoms with Crippen molar-refractivity contribution in [1.29, 1.82) is 0 Å². The molecule has 2 fully saturated rings. The van der Waals surface area contributed by atoms with Crippen LogP contribution in [0.1, 0.15) is 245 Å². The Kier molecular flexibility index (Phi) is 47.3. The van der Waals surface area contributed by atoms with Crippen LogP contribution in [0.15, 0.2) is 60.8 Å². The van der Waals surface area contributed by atoms with E-state index in [1.54, 1.807) is 0 Å². The molecule has 0 bridgehead atoms. The summed E-state index contributed by atoms with van der Waals surface area (Å²) in [5, 5.41) is 72.5. The zero-order valence-corrected chi connectivity index (χ0v) is 49.6. The second kappa shape index (κ2) is 51.3. The highest BCUT2D eigenvalue weighted by Crippen LogP contribution is 2.27. The number of hydrogen-bond donors (Lipinski definition) is 7. The van der Waals surface area contributed by atoms with Gasteiger partial charge in [-0.15, -0.1) is 0 Å². The Hall–Kier alpha value is -2.31. The van der Waals surface area contributed by atoms with E-state index < -0.39 is 80.7 Å². The zero-order valence-electron chi connectivity index (χ0n) is 49.6. The summed E-state index contributed by atoms with van der Waals surface area (Å²) in [6.07, 6.45) is 48.5. The van der Waals surface area contributed by atoms with Crippen LogP contribution in [0, 0.1) is 0 Å². The Morgan fingerprint density at radius 3 is 1.30 bits per heavy atom. The number of rotatable bonds is 52. The molecule has 2 rings (SSSR count). The SMILES string of the molecule is CC/C=C\C/C=C\C/C=C\C/C=C\CCCCCCCCCCCCCOCC(COC1OC(COC2OC(CO)C(O)C(O)C2O)C(O)C(O)C1O)OC(=O)CCCCCCCCCCC/C=C\CCCCCCCCCC. The minimum absolute atomic E-state index is 0.0580. The maximum absolute atomic E-state index is 13.1. The summed E-state index contributed by atoms with van der Waals surface area (Å²) in [6, 6.07) is 0. The predicted octanol–water partition coefficient (Wildman–Crippen LogP) is 12.4. The first-order valence-electron chi connectivity index (χ1n) is 31.9. The minimum Gasteiger partial charge on any atom is -0.457 e. The summed E-state index contributed by atoms with van der Waals surface area (Å²) in [5.41, 5.74) is 0. The molecule has 11 unspecified atom stereocenters. The van der Waals surface area contributed by atoms with Crippen LogP contribution in [0.2, 0.25) is 0 Å². The third kappa shape index (κ3) is 37.5. The molecule has 0 aliphatic carbocycles. The molecule has 2 aliphatic heterocycles. The van der Waals surface area contributed by atoms with Gasteiger partial charge >= 0.3 is 5.97 Å². The van der Waals surface area contributed by atoms with Gasteiger partial charge in [0.05, 0.1) is 26.4 Å². The fourth-order valence-corrected chi connectivity index (χ4v) is 9.92. The van der Waals surface area contributed by atoms with Gasteiger partial charge in [0.1, 0.15) is 54.9 Å². The van der Waals surface area contributed by atoms with Crippen LogP contribution in [0.4, 0.5) is 0 Å². The Morgan fingerprint density at radius 2 is 0.823 bits per heavy atom. The maximum atomic E-state index is 13.1. The van der Waals surface area contributed by atoms with Crippen LogP contribution in [0.3, 0.4) is 0 Å². The molecule has 0 spiro atoms. The lowest BCUT2D eigenvalue weighted by atomic mass is 9.98. The van der Waals surface area contributed by atoms with E-state index in [9.17, 15) is 40.5 Å². The quantitative estimate of drug-likeness (QED) is 0.0172. The Labute approximate surface area is 479 Å². The summed E-state index contributed by atoms with van der Waals surface area (Å²) in [4.78, 5) is 13.1. The molecule has 14 nitrogen and oxygen atoms in total. The van der Waals surface area contributed by atoms with Gasteiger partial charge in [-0.3, -0.25) is 4.79 Å². The summed E-state index contributed by atoms with van der Waals surface area (Å²) < 4.78 is 34.5. The Morgan fingerprint density at radius 1 is 0.430 bits per heavy atom. The third-order valence-electron chi connectivity index (χ3n) is 15.0. The monoisotopic (exact) mass is 1120 g/mol. The topological polar surface area (TPSA) is 214 Å². The molecule has 7 N–H and O–H groups in total. The molecule has 0 aromatic carbocycles. The lowest BCUT2D eigenvalue weighted by Crippen LogP contribution is -2.61. The van der Waals surface area contributed by atoms with Crippen LogP contribution in [0.5, 0.6) is 0 Å². The predicted molar refractivity (Wildman–Crippen MR) is 316 cm³/mol. The van der Waals surface area contributed by atoms with Crippen molar-refractivity contribution in [1.82, 2.24) is 0 Å². The molecular weight excluding hydrogens is 1000 g/mol. The van der Waals surface area contributed by atoms with Crippen molar-refractivity contribution in [2.45, 2.75) is 313 Å². The van der Waals surface area contributed by atoms with E-state index in [1.807, 2.05) is 0 Å². The smallest absolute Gasteiger partial charge is 0.306 e. The van der Waals surface area contributed by atoms with Gasteiger partial charge in [0, 0.05) is 13.0 Å². The van der Waals surface area contributed by atoms with Gasteiger partial charge in [-0.2, -0.15) is 0 Å². The number of esters is 1. The van der Waals surface area contributed by atoms with E-state index in [-0.39, 0.29) is 25.6 Å². The second-order valence-electron chi connectivity index (χ2n) is 22.2. The first kappa shape index (κ1) is 72.8. The molecule has 2 aliphatic rings. The highest BCUT2D eigenvalue weighted by molar-refractivity contribution is 5.69. The van der Waals surface area contributed by atoms with E-state index >= 15 is 0 Å². The normalized spacial score (nSPS) is 24.4. The van der Waals surface area contributed by atoms with E-state index in [0.717, 1.165) is 70.6 Å². The number of carbonyl (C=O) groups is 1. The van der Waals surface area contributed by atoms with E-state index in [4.69, 9.17) is 28.4 Å².